The number of benzene rings is 1. The molecule has 0 aromatic heterocycles. The van der Waals surface area contributed by atoms with Crippen LogP contribution in [0.4, 0.5) is 16.2 Å². The Hall–Kier alpha value is -1.80. The standard InChI is InChI=1S/C17H25N3O4S/c1-2-25(22,23)20-9-3-4-13-12-15(5-6-16(13)20)19-17(21)18-14-7-10-24-11-8-14/h5-6,12,14H,2-4,7-11H2,1H3,(H2,18,19,21). The van der Waals surface area contributed by atoms with Gasteiger partial charge in [0.15, 0.2) is 0 Å². The number of ether oxygens (including phenoxy) is 1. The molecule has 1 saturated heterocycles. The SMILES string of the molecule is CCS(=O)(=O)N1CCCc2cc(NC(=O)NC3CCOCC3)ccc21. The number of aryl methyl sites for hydroxylation is 1. The fraction of sp³-hybridized carbons (Fsp3) is 0.588. The van der Waals surface area contributed by atoms with Crippen molar-refractivity contribution in [3.8, 4) is 0 Å². The number of fused-ring (bicyclic) bond motifs is 1. The highest BCUT2D eigenvalue weighted by molar-refractivity contribution is 7.92. The molecule has 1 fully saturated rings. The number of carbonyl (C=O) groups is 1. The molecule has 0 unspecified atom stereocenters. The molecular weight excluding hydrogens is 342 g/mol. The van der Waals surface area contributed by atoms with Crippen molar-refractivity contribution < 1.29 is 17.9 Å². The van der Waals surface area contributed by atoms with Gasteiger partial charge in [-0.3, -0.25) is 4.31 Å². The van der Waals surface area contributed by atoms with Crippen molar-refractivity contribution in [1.82, 2.24) is 5.32 Å². The van der Waals surface area contributed by atoms with E-state index in [-0.39, 0.29) is 17.8 Å². The quantitative estimate of drug-likeness (QED) is 0.853. The van der Waals surface area contributed by atoms with Crippen LogP contribution in [-0.2, 0) is 21.2 Å². The van der Waals surface area contributed by atoms with Gasteiger partial charge in [-0.1, -0.05) is 0 Å². The Balaban J connectivity index is 1.69. The van der Waals surface area contributed by atoms with Gasteiger partial charge in [0.1, 0.15) is 0 Å². The first-order valence-corrected chi connectivity index (χ1v) is 10.4. The van der Waals surface area contributed by atoms with E-state index in [1.54, 1.807) is 19.1 Å². The maximum atomic E-state index is 12.2. The molecule has 2 amide bonds. The lowest BCUT2D eigenvalue weighted by Gasteiger charge is -2.30. The second-order valence-corrected chi connectivity index (χ2v) is 8.59. The summed E-state index contributed by atoms with van der Waals surface area (Å²) in [6, 6.07) is 5.31. The highest BCUT2D eigenvalue weighted by atomic mass is 32.2. The molecule has 3 rings (SSSR count). The van der Waals surface area contributed by atoms with Gasteiger partial charge in [0.2, 0.25) is 10.0 Å². The first kappa shape index (κ1) is 18.0. The molecule has 0 atom stereocenters. The third-order valence-electron chi connectivity index (χ3n) is 4.67. The van der Waals surface area contributed by atoms with E-state index in [0.29, 0.717) is 25.4 Å². The number of hydrogen-bond acceptors (Lipinski definition) is 4. The number of sulfonamides is 1. The van der Waals surface area contributed by atoms with Crippen LogP contribution in [0.15, 0.2) is 18.2 Å². The number of hydrogen-bond donors (Lipinski definition) is 2. The number of amides is 2. The predicted octanol–water partition coefficient (Wildman–Crippen LogP) is 2.09. The first-order valence-electron chi connectivity index (χ1n) is 8.78. The number of anilines is 2. The summed E-state index contributed by atoms with van der Waals surface area (Å²) in [5, 5.41) is 5.80. The van der Waals surface area contributed by atoms with Crippen LogP contribution in [0.5, 0.6) is 0 Å². The third-order valence-corrected chi connectivity index (χ3v) is 6.45. The Morgan fingerprint density at radius 2 is 2.08 bits per heavy atom. The van der Waals surface area contributed by atoms with Gasteiger partial charge in [-0.15, -0.1) is 0 Å². The zero-order chi connectivity index (χ0) is 17.9. The Labute approximate surface area is 148 Å². The van der Waals surface area contributed by atoms with Crippen LogP contribution in [-0.4, -0.2) is 46.0 Å². The number of urea groups is 1. The summed E-state index contributed by atoms with van der Waals surface area (Å²) < 4.78 is 31.2. The van der Waals surface area contributed by atoms with Crippen LogP contribution in [0.1, 0.15) is 31.7 Å². The minimum atomic E-state index is -3.27. The summed E-state index contributed by atoms with van der Waals surface area (Å²) in [4.78, 5) is 12.1. The molecule has 138 valence electrons. The van der Waals surface area contributed by atoms with Crippen molar-refractivity contribution in [3.05, 3.63) is 23.8 Å². The van der Waals surface area contributed by atoms with Crippen molar-refractivity contribution in [3.63, 3.8) is 0 Å². The number of nitrogens with zero attached hydrogens (tertiary/aromatic N) is 1. The molecule has 2 N–H and O–H groups in total. The van der Waals surface area contributed by atoms with E-state index < -0.39 is 10.0 Å². The van der Waals surface area contributed by atoms with Crippen molar-refractivity contribution in [2.75, 3.05) is 35.1 Å². The minimum absolute atomic E-state index is 0.0833. The fourth-order valence-corrected chi connectivity index (χ4v) is 4.48. The molecule has 2 heterocycles. The van der Waals surface area contributed by atoms with Gasteiger partial charge < -0.3 is 15.4 Å². The highest BCUT2D eigenvalue weighted by Crippen LogP contribution is 2.31. The van der Waals surface area contributed by atoms with Gasteiger partial charge in [-0.2, -0.15) is 0 Å². The molecule has 25 heavy (non-hydrogen) atoms. The van der Waals surface area contributed by atoms with Crippen LogP contribution >= 0.6 is 0 Å². The number of rotatable bonds is 4. The largest absolute Gasteiger partial charge is 0.381 e. The summed E-state index contributed by atoms with van der Waals surface area (Å²) in [5.41, 5.74) is 2.36. The van der Waals surface area contributed by atoms with Crippen molar-refractivity contribution in [2.45, 2.75) is 38.6 Å². The van der Waals surface area contributed by atoms with Crippen molar-refractivity contribution in [1.29, 1.82) is 0 Å². The minimum Gasteiger partial charge on any atom is -0.381 e. The summed E-state index contributed by atoms with van der Waals surface area (Å²) in [6.07, 6.45) is 3.23. The van der Waals surface area contributed by atoms with E-state index in [1.165, 1.54) is 4.31 Å². The van der Waals surface area contributed by atoms with Gasteiger partial charge in [0.25, 0.3) is 0 Å². The van der Waals surface area contributed by atoms with Gasteiger partial charge in [0, 0.05) is 31.5 Å². The molecule has 7 nitrogen and oxygen atoms in total. The van der Waals surface area contributed by atoms with E-state index >= 15 is 0 Å². The third kappa shape index (κ3) is 4.24. The van der Waals surface area contributed by atoms with E-state index in [1.807, 2.05) is 6.07 Å². The molecule has 0 radical (unpaired) electrons. The van der Waals surface area contributed by atoms with Gasteiger partial charge >= 0.3 is 6.03 Å². The Kier molecular flexibility index (Phi) is 5.48. The zero-order valence-electron chi connectivity index (χ0n) is 14.5. The van der Waals surface area contributed by atoms with Gasteiger partial charge in [-0.25, -0.2) is 13.2 Å². The molecule has 2 aliphatic rings. The molecule has 2 aliphatic heterocycles. The number of carbonyl (C=O) groups excluding carboxylic acids is 1. The van der Waals surface area contributed by atoms with Gasteiger partial charge in [-0.05, 0) is 56.4 Å². The molecule has 0 bridgehead atoms. The smallest absolute Gasteiger partial charge is 0.319 e. The summed E-state index contributed by atoms with van der Waals surface area (Å²) in [6.45, 7) is 3.51. The lowest BCUT2D eigenvalue weighted by atomic mass is 10.0. The molecule has 1 aromatic carbocycles. The molecule has 0 saturated carbocycles. The van der Waals surface area contributed by atoms with Crippen LogP contribution in [0.2, 0.25) is 0 Å². The van der Waals surface area contributed by atoms with Crippen LogP contribution in [0, 0.1) is 0 Å². The van der Waals surface area contributed by atoms with E-state index in [9.17, 15) is 13.2 Å². The topological polar surface area (TPSA) is 87.7 Å². The predicted molar refractivity (Wildman–Crippen MR) is 97.6 cm³/mol. The Morgan fingerprint density at radius 3 is 2.80 bits per heavy atom. The Bertz CT molecular complexity index is 729. The normalized spacial score (nSPS) is 18.5. The maximum absolute atomic E-state index is 12.2. The second-order valence-electron chi connectivity index (χ2n) is 6.40. The Morgan fingerprint density at radius 1 is 1.32 bits per heavy atom. The average Bonchev–Trinajstić information content (AvgIpc) is 2.61. The van der Waals surface area contributed by atoms with Crippen LogP contribution in [0.25, 0.3) is 0 Å². The maximum Gasteiger partial charge on any atom is 0.319 e. The average molecular weight is 367 g/mol. The zero-order valence-corrected chi connectivity index (χ0v) is 15.3. The number of nitrogens with one attached hydrogen (secondary N) is 2. The van der Waals surface area contributed by atoms with Crippen molar-refractivity contribution >= 4 is 27.4 Å². The molecule has 0 aliphatic carbocycles. The van der Waals surface area contributed by atoms with Crippen LogP contribution < -0.4 is 14.9 Å². The molecule has 0 spiro atoms. The van der Waals surface area contributed by atoms with E-state index in [2.05, 4.69) is 10.6 Å². The van der Waals surface area contributed by atoms with E-state index in [0.717, 1.165) is 36.9 Å². The van der Waals surface area contributed by atoms with Gasteiger partial charge in [0.05, 0.1) is 11.4 Å². The second kappa shape index (κ2) is 7.61. The molecule has 1 aromatic rings. The lowest BCUT2D eigenvalue weighted by Crippen LogP contribution is -2.41. The van der Waals surface area contributed by atoms with Crippen molar-refractivity contribution in [2.24, 2.45) is 0 Å². The lowest BCUT2D eigenvalue weighted by molar-refractivity contribution is 0.0806. The molecule has 8 heteroatoms. The first-order chi connectivity index (χ1) is 12.0. The van der Waals surface area contributed by atoms with Crippen LogP contribution in [0.3, 0.4) is 0 Å². The fourth-order valence-electron chi connectivity index (χ4n) is 3.28. The van der Waals surface area contributed by atoms with E-state index in [4.69, 9.17) is 4.74 Å². The summed E-state index contributed by atoms with van der Waals surface area (Å²) in [5.74, 6) is 0.0833. The summed E-state index contributed by atoms with van der Waals surface area (Å²) in [7, 11) is -3.27. The monoisotopic (exact) mass is 367 g/mol. The highest BCUT2D eigenvalue weighted by Gasteiger charge is 2.26. The summed E-state index contributed by atoms with van der Waals surface area (Å²) >= 11 is 0. The molecular formula is C17H25N3O4S.